The van der Waals surface area contributed by atoms with Gasteiger partial charge in [0.05, 0.1) is 19.8 Å². The van der Waals surface area contributed by atoms with Gasteiger partial charge in [0.2, 0.25) is 0 Å². The van der Waals surface area contributed by atoms with Crippen LogP contribution in [0.4, 0.5) is 0 Å². The number of likely N-dealkylation sites (tertiary alicyclic amines) is 1. The Balaban J connectivity index is 2.44. The molecule has 0 bridgehead atoms. The van der Waals surface area contributed by atoms with E-state index in [1.807, 2.05) is 6.92 Å². The van der Waals surface area contributed by atoms with Crippen molar-refractivity contribution in [1.29, 1.82) is 0 Å². The van der Waals surface area contributed by atoms with Gasteiger partial charge in [-0.1, -0.05) is 13.3 Å². The molecule has 106 valence electrons. The second-order valence-electron chi connectivity index (χ2n) is 4.78. The van der Waals surface area contributed by atoms with Crippen molar-refractivity contribution in [3.8, 4) is 0 Å². The first kappa shape index (κ1) is 15.4. The molecule has 0 spiro atoms. The number of carboxylic acid groups (broad SMARTS) is 1. The van der Waals surface area contributed by atoms with Crippen LogP contribution in [-0.4, -0.2) is 61.5 Å². The molecule has 1 saturated heterocycles. The number of methoxy groups -OCH3 is 1. The van der Waals surface area contributed by atoms with E-state index in [1.54, 1.807) is 7.11 Å². The Kier molecular flexibility index (Phi) is 6.60. The standard InChI is InChI=1S/C13H25NO4/c1-3-5-13(12(15)16)6-4-7-14(13)8-9-18-11-10-17-2/h3-11H2,1-2H3,(H,15,16). The molecule has 1 aliphatic heterocycles. The summed E-state index contributed by atoms with van der Waals surface area (Å²) < 4.78 is 10.3. The summed E-state index contributed by atoms with van der Waals surface area (Å²) >= 11 is 0. The molecule has 0 aromatic heterocycles. The van der Waals surface area contributed by atoms with Gasteiger partial charge in [-0.25, -0.2) is 0 Å². The van der Waals surface area contributed by atoms with Crippen LogP contribution in [0.5, 0.6) is 0 Å². The number of aliphatic carboxylic acids is 1. The van der Waals surface area contributed by atoms with Crippen LogP contribution in [0.1, 0.15) is 32.6 Å². The predicted molar refractivity (Wildman–Crippen MR) is 68.8 cm³/mol. The van der Waals surface area contributed by atoms with Gasteiger partial charge in [0.1, 0.15) is 5.54 Å². The van der Waals surface area contributed by atoms with Gasteiger partial charge in [-0.15, -0.1) is 0 Å². The Hall–Kier alpha value is -0.650. The third kappa shape index (κ3) is 3.67. The molecule has 0 aromatic carbocycles. The second kappa shape index (κ2) is 7.71. The van der Waals surface area contributed by atoms with Gasteiger partial charge < -0.3 is 14.6 Å². The third-order valence-corrected chi connectivity index (χ3v) is 3.62. The first-order valence-corrected chi connectivity index (χ1v) is 6.72. The van der Waals surface area contributed by atoms with Crippen molar-refractivity contribution in [1.82, 2.24) is 4.90 Å². The third-order valence-electron chi connectivity index (χ3n) is 3.62. The van der Waals surface area contributed by atoms with Gasteiger partial charge in [-0.2, -0.15) is 0 Å². The molecule has 1 heterocycles. The lowest BCUT2D eigenvalue weighted by Crippen LogP contribution is -2.51. The van der Waals surface area contributed by atoms with E-state index in [4.69, 9.17) is 9.47 Å². The highest BCUT2D eigenvalue weighted by atomic mass is 16.5. The number of carbonyl (C=O) groups is 1. The zero-order valence-corrected chi connectivity index (χ0v) is 11.5. The normalized spacial score (nSPS) is 24.6. The molecule has 0 radical (unpaired) electrons. The maximum atomic E-state index is 11.6. The average Bonchev–Trinajstić information content (AvgIpc) is 2.74. The van der Waals surface area contributed by atoms with Gasteiger partial charge in [-0.3, -0.25) is 9.69 Å². The van der Waals surface area contributed by atoms with E-state index in [-0.39, 0.29) is 0 Å². The Morgan fingerprint density at radius 2 is 2.17 bits per heavy atom. The SMILES string of the molecule is CCCC1(C(=O)O)CCCN1CCOCCOC. The average molecular weight is 259 g/mol. The van der Waals surface area contributed by atoms with Crippen LogP contribution in [0.3, 0.4) is 0 Å². The van der Waals surface area contributed by atoms with Crippen LogP contribution in [0.2, 0.25) is 0 Å². The van der Waals surface area contributed by atoms with Crippen molar-refractivity contribution < 1.29 is 19.4 Å². The van der Waals surface area contributed by atoms with Crippen molar-refractivity contribution in [2.24, 2.45) is 0 Å². The topological polar surface area (TPSA) is 59.0 Å². The summed E-state index contributed by atoms with van der Waals surface area (Å²) in [6.07, 6.45) is 3.34. The maximum Gasteiger partial charge on any atom is 0.324 e. The van der Waals surface area contributed by atoms with Crippen molar-refractivity contribution in [2.45, 2.75) is 38.1 Å². The molecule has 1 N–H and O–H groups in total. The smallest absolute Gasteiger partial charge is 0.324 e. The molecular formula is C13H25NO4. The molecule has 0 saturated carbocycles. The molecule has 5 nitrogen and oxygen atoms in total. The summed E-state index contributed by atoms with van der Waals surface area (Å²) in [7, 11) is 1.64. The highest BCUT2D eigenvalue weighted by Gasteiger charge is 2.46. The van der Waals surface area contributed by atoms with Crippen LogP contribution >= 0.6 is 0 Å². The first-order valence-electron chi connectivity index (χ1n) is 6.72. The highest BCUT2D eigenvalue weighted by Crippen LogP contribution is 2.33. The molecule has 0 aromatic rings. The molecule has 1 aliphatic rings. The minimum atomic E-state index is -0.682. The van der Waals surface area contributed by atoms with E-state index in [2.05, 4.69) is 4.90 Å². The van der Waals surface area contributed by atoms with Crippen LogP contribution in [0, 0.1) is 0 Å². The van der Waals surface area contributed by atoms with Gasteiger partial charge in [0, 0.05) is 13.7 Å². The van der Waals surface area contributed by atoms with Gasteiger partial charge >= 0.3 is 5.97 Å². The van der Waals surface area contributed by atoms with Crippen LogP contribution in [0.15, 0.2) is 0 Å². The van der Waals surface area contributed by atoms with E-state index in [0.717, 1.165) is 32.2 Å². The van der Waals surface area contributed by atoms with E-state index >= 15 is 0 Å². The first-order chi connectivity index (χ1) is 8.67. The number of rotatable bonds is 9. The summed E-state index contributed by atoms with van der Waals surface area (Å²) in [4.78, 5) is 13.6. The van der Waals surface area contributed by atoms with E-state index < -0.39 is 11.5 Å². The van der Waals surface area contributed by atoms with Gasteiger partial charge in [0.25, 0.3) is 0 Å². The van der Waals surface area contributed by atoms with E-state index in [1.165, 1.54) is 0 Å². The second-order valence-corrected chi connectivity index (χ2v) is 4.78. The fraction of sp³-hybridized carbons (Fsp3) is 0.923. The Bertz CT molecular complexity index is 259. The molecule has 1 unspecified atom stereocenters. The molecule has 18 heavy (non-hydrogen) atoms. The van der Waals surface area contributed by atoms with Crippen molar-refractivity contribution in [3.05, 3.63) is 0 Å². The Morgan fingerprint density at radius 1 is 1.39 bits per heavy atom. The number of nitrogens with zero attached hydrogens (tertiary/aromatic N) is 1. The monoisotopic (exact) mass is 259 g/mol. The fourth-order valence-electron chi connectivity index (χ4n) is 2.73. The van der Waals surface area contributed by atoms with E-state index in [0.29, 0.717) is 26.4 Å². The maximum absolute atomic E-state index is 11.6. The van der Waals surface area contributed by atoms with E-state index in [9.17, 15) is 9.90 Å². The molecule has 1 fully saturated rings. The quantitative estimate of drug-likeness (QED) is 0.634. The zero-order valence-electron chi connectivity index (χ0n) is 11.5. The molecular weight excluding hydrogens is 234 g/mol. The lowest BCUT2D eigenvalue weighted by atomic mass is 9.91. The summed E-state index contributed by atoms with van der Waals surface area (Å²) in [5.74, 6) is -0.682. The molecule has 0 amide bonds. The summed E-state index contributed by atoms with van der Waals surface area (Å²) in [5, 5.41) is 9.50. The zero-order chi connectivity index (χ0) is 13.4. The van der Waals surface area contributed by atoms with Crippen molar-refractivity contribution in [3.63, 3.8) is 0 Å². The molecule has 1 rings (SSSR count). The predicted octanol–water partition coefficient (Wildman–Crippen LogP) is 1.37. The summed E-state index contributed by atoms with van der Waals surface area (Å²) in [6.45, 7) is 5.31. The fourth-order valence-corrected chi connectivity index (χ4v) is 2.73. The minimum absolute atomic E-state index is 0.568. The number of hydrogen-bond acceptors (Lipinski definition) is 4. The Labute approximate surface area is 109 Å². The number of hydrogen-bond donors (Lipinski definition) is 1. The van der Waals surface area contributed by atoms with Gasteiger partial charge in [0.15, 0.2) is 0 Å². The number of ether oxygens (including phenoxy) is 2. The van der Waals surface area contributed by atoms with Crippen molar-refractivity contribution in [2.75, 3.05) is 40.0 Å². The Morgan fingerprint density at radius 3 is 2.78 bits per heavy atom. The molecule has 0 aliphatic carbocycles. The minimum Gasteiger partial charge on any atom is -0.480 e. The van der Waals surface area contributed by atoms with Crippen LogP contribution in [0.25, 0.3) is 0 Å². The summed E-state index contributed by atoms with van der Waals surface area (Å²) in [5.41, 5.74) is -0.653. The molecule has 1 atom stereocenters. The van der Waals surface area contributed by atoms with Gasteiger partial charge in [-0.05, 0) is 25.8 Å². The lowest BCUT2D eigenvalue weighted by Gasteiger charge is -2.34. The largest absolute Gasteiger partial charge is 0.480 e. The molecule has 5 heteroatoms. The van der Waals surface area contributed by atoms with Crippen LogP contribution in [-0.2, 0) is 14.3 Å². The van der Waals surface area contributed by atoms with Crippen LogP contribution < -0.4 is 0 Å². The van der Waals surface area contributed by atoms with Crippen molar-refractivity contribution >= 4 is 5.97 Å². The highest BCUT2D eigenvalue weighted by molar-refractivity contribution is 5.79. The summed E-state index contributed by atoms with van der Waals surface area (Å²) in [6, 6.07) is 0. The lowest BCUT2D eigenvalue weighted by molar-refractivity contribution is -0.150. The number of carboxylic acids is 1.